The number of nitrogen functional groups attached to an aromatic ring is 2. The zero-order chi connectivity index (χ0) is 31.4. The molecule has 2 fully saturated rings. The molecular formula is C22H28FN10O8PS2. The number of thioether (sulfide) groups is 1. The summed E-state index contributed by atoms with van der Waals surface area (Å²) in [7, 11) is 1.38. The molecule has 18 nitrogen and oxygen atoms in total. The molecule has 44 heavy (non-hydrogen) atoms. The van der Waals surface area contributed by atoms with Gasteiger partial charge in [-0.15, -0.1) is 11.8 Å². The van der Waals surface area contributed by atoms with Crippen molar-refractivity contribution in [1.82, 2.24) is 39.0 Å². The predicted octanol–water partition coefficient (Wildman–Crippen LogP) is 0.173. The Balaban J connectivity index is 1.21. The van der Waals surface area contributed by atoms with E-state index in [0.29, 0.717) is 11.2 Å². The standard InChI is InChI=1S/C22H28FN10O8PS2/c1-38-14-13(35)10(40-19(14)32-7-28-11-15(24)26-6-27-16(11)32)3-39-42(37,43)41-9-2-22(4-23,5-34)44-20(9)33-8-29-12-17(33)30-21(25)31-18(12)36/h6-10,13-14,19-20,34-35H,2-5H2,1H3,(H,37,43)(H2,24,26,27)(H3,25,30,31,36)/t9-,10-,13-,14-,19-,20-,22-,42?/m1/s1. The van der Waals surface area contributed by atoms with Gasteiger partial charge in [-0.3, -0.25) is 28.0 Å². The topological polar surface area (TPSA) is 254 Å². The molecule has 6 heterocycles. The predicted molar refractivity (Wildman–Crippen MR) is 157 cm³/mol. The van der Waals surface area contributed by atoms with Gasteiger partial charge >= 0.3 is 6.80 Å². The number of aromatic amines is 1. The molecular weight excluding hydrogens is 646 g/mol. The number of anilines is 2. The van der Waals surface area contributed by atoms with Crippen molar-refractivity contribution in [2.45, 2.75) is 47.2 Å². The number of nitrogens with zero attached hydrogens (tertiary/aromatic N) is 7. The molecule has 8 atom stereocenters. The van der Waals surface area contributed by atoms with Gasteiger partial charge in [-0.25, -0.2) is 28.9 Å². The van der Waals surface area contributed by atoms with Gasteiger partial charge in [0.05, 0.1) is 36.7 Å². The highest BCUT2D eigenvalue weighted by atomic mass is 32.7. The average Bonchev–Trinajstić information content (AvgIpc) is 3.75. The maximum Gasteiger partial charge on any atom is 0.386 e. The third-order valence-corrected chi connectivity index (χ3v) is 10.8. The number of imidazole rings is 2. The van der Waals surface area contributed by atoms with E-state index < -0.39 is 73.0 Å². The quantitative estimate of drug-likeness (QED) is 0.0968. The summed E-state index contributed by atoms with van der Waals surface area (Å²) in [6.07, 6.45) is -1.30. The van der Waals surface area contributed by atoms with Gasteiger partial charge < -0.3 is 31.2 Å². The summed E-state index contributed by atoms with van der Waals surface area (Å²) in [5, 5.41) is 20.1. The summed E-state index contributed by atoms with van der Waals surface area (Å²) in [6.45, 7) is -6.17. The molecule has 7 N–H and O–H groups in total. The number of rotatable bonds is 10. The van der Waals surface area contributed by atoms with Gasteiger partial charge in [0.2, 0.25) is 5.95 Å². The number of nitrogens with two attached hydrogens (primary N) is 2. The van der Waals surface area contributed by atoms with Crippen LogP contribution in [0.5, 0.6) is 0 Å². The lowest BCUT2D eigenvalue weighted by atomic mass is 10.0. The molecule has 0 spiro atoms. The van der Waals surface area contributed by atoms with Crippen molar-refractivity contribution in [3.63, 3.8) is 0 Å². The molecule has 6 rings (SSSR count). The van der Waals surface area contributed by atoms with Crippen LogP contribution in [0.4, 0.5) is 16.2 Å². The summed E-state index contributed by atoms with van der Waals surface area (Å²) in [4.78, 5) is 35.2. The van der Waals surface area contributed by atoms with E-state index >= 15 is 0 Å². The lowest BCUT2D eigenvalue weighted by Gasteiger charge is -2.24. The third-order valence-electron chi connectivity index (χ3n) is 7.44. The number of fused-ring (bicyclic) bond motifs is 2. The smallest absolute Gasteiger partial charge is 0.386 e. The number of aliphatic hydroxyl groups excluding tert-OH is 2. The number of methoxy groups -OCH3 is 1. The number of thiol groups is 1. The molecule has 4 aromatic heterocycles. The molecule has 2 aliphatic heterocycles. The van der Waals surface area contributed by atoms with Crippen molar-refractivity contribution < 1.29 is 37.7 Å². The first-order valence-corrected chi connectivity index (χ1v) is 16.6. The number of aliphatic hydroxyl groups is 2. The number of halogens is 1. The van der Waals surface area contributed by atoms with Crippen molar-refractivity contribution in [3.05, 3.63) is 29.3 Å². The molecule has 0 amide bonds. The minimum atomic E-state index is -4.23. The van der Waals surface area contributed by atoms with Crippen molar-refractivity contribution in [1.29, 1.82) is 0 Å². The Morgan fingerprint density at radius 2 is 2.00 bits per heavy atom. The van der Waals surface area contributed by atoms with Crippen LogP contribution in [-0.4, -0.2) is 105 Å². The molecule has 2 saturated heterocycles. The molecule has 0 aromatic carbocycles. The highest BCUT2D eigenvalue weighted by molar-refractivity contribution is 8.44. The first-order chi connectivity index (χ1) is 21.0. The van der Waals surface area contributed by atoms with Crippen LogP contribution in [0.3, 0.4) is 0 Å². The number of H-pyrrole nitrogens is 1. The SMILES string of the molecule is CO[C@@H]1[C@H](O)[C@@H](COP(=O)(S)O[C@@H]2C[C@](CO)(CF)S[C@H]2n2cnc3c(=O)[nH]c(N)nc32)O[C@H]1n1cnc2c(N)ncnc21. The Morgan fingerprint density at radius 3 is 2.73 bits per heavy atom. The fourth-order valence-electron chi connectivity index (χ4n) is 5.29. The molecule has 0 saturated carbocycles. The molecule has 0 aliphatic carbocycles. The van der Waals surface area contributed by atoms with Gasteiger partial charge in [0.15, 0.2) is 28.9 Å². The van der Waals surface area contributed by atoms with E-state index in [1.807, 2.05) is 0 Å². The lowest BCUT2D eigenvalue weighted by Crippen LogP contribution is -2.35. The summed E-state index contributed by atoms with van der Waals surface area (Å²) in [5.41, 5.74) is 11.7. The third kappa shape index (κ3) is 5.45. The Kier molecular flexibility index (Phi) is 8.35. The summed E-state index contributed by atoms with van der Waals surface area (Å²) < 4.78 is 52.2. The van der Waals surface area contributed by atoms with E-state index in [4.69, 9.17) is 30.0 Å². The van der Waals surface area contributed by atoms with Crippen molar-refractivity contribution in [2.24, 2.45) is 0 Å². The second-order valence-corrected chi connectivity index (χ2v) is 14.7. The lowest BCUT2D eigenvalue weighted by molar-refractivity contribution is -0.0570. The van der Waals surface area contributed by atoms with Gasteiger partial charge in [0.25, 0.3) is 5.56 Å². The number of nitrogens with one attached hydrogen (secondary N) is 1. The molecule has 0 bridgehead atoms. The molecule has 0 radical (unpaired) electrons. The Bertz CT molecular complexity index is 1790. The number of alkyl halides is 1. The van der Waals surface area contributed by atoms with Crippen LogP contribution in [0.2, 0.25) is 0 Å². The largest absolute Gasteiger partial charge is 0.395 e. The monoisotopic (exact) mass is 674 g/mol. The van der Waals surface area contributed by atoms with Crippen molar-refractivity contribution in [2.75, 3.05) is 38.5 Å². The van der Waals surface area contributed by atoms with E-state index in [1.54, 1.807) is 0 Å². The minimum Gasteiger partial charge on any atom is -0.395 e. The second-order valence-electron chi connectivity index (χ2n) is 10.2. The minimum absolute atomic E-state index is 0.0277. The van der Waals surface area contributed by atoms with E-state index in [1.165, 1.54) is 35.2 Å². The second kappa shape index (κ2) is 11.8. The fourth-order valence-corrected chi connectivity index (χ4v) is 8.35. The van der Waals surface area contributed by atoms with Gasteiger partial charge in [0.1, 0.15) is 42.2 Å². The molecule has 238 valence electrons. The van der Waals surface area contributed by atoms with Crippen LogP contribution in [0.1, 0.15) is 18.0 Å². The van der Waals surface area contributed by atoms with E-state index in [2.05, 4.69) is 42.2 Å². The molecule has 1 unspecified atom stereocenters. The summed E-state index contributed by atoms with van der Waals surface area (Å²) in [5.74, 6) is -0.0142. The van der Waals surface area contributed by atoms with E-state index in [-0.39, 0.29) is 29.4 Å². The van der Waals surface area contributed by atoms with Crippen molar-refractivity contribution in [3.8, 4) is 0 Å². The zero-order valence-electron chi connectivity index (χ0n) is 22.8. The summed E-state index contributed by atoms with van der Waals surface area (Å²) >= 11 is 5.13. The maximum absolute atomic E-state index is 14.2. The first kappa shape index (κ1) is 31.1. The fraction of sp³-hybridized carbons (Fsp3) is 0.545. The first-order valence-electron chi connectivity index (χ1n) is 13.0. The van der Waals surface area contributed by atoms with Crippen LogP contribution in [0.25, 0.3) is 22.3 Å². The molecule has 2 aliphatic rings. The number of aromatic nitrogens is 8. The Hall–Kier alpha value is -2.88. The van der Waals surface area contributed by atoms with Crippen LogP contribution >= 0.6 is 30.8 Å². The number of hydrogen-bond donors (Lipinski definition) is 6. The number of ether oxygens (including phenoxy) is 2. The van der Waals surface area contributed by atoms with Gasteiger partial charge in [0, 0.05) is 7.11 Å². The molecule has 22 heteroatoms. The highest BCUT2D eigenvalue weighted by Gasteiger charge is 2.51. The maximum atomic E-state index is 14.2. The van der Waals surface area contributed by atoms with Crippen LogP contribution in [-0.2, 0) is 23.1 Å². The van der Waals surface area contributed by atoms with Gasteiger partial charge in [-0.2, -0.15) is 4.98 Å². The van der Waals surface area contributed by atoms with Gasteiger partial charge in [-0.1, -0.05) is 12.2 Å². The van der Waals surface area contributed by atoms with Crippen molar-refractivity contribution >= 4 is 64.9 Å². The van der Waals surface area contributed by atoms with Gasteiger partial charge in [-0.05, 0) is 6.42 Å². The summed E-state index contributed by atoms with van der Waals surface area (Å²) in [6, 6.07) is 0. The zero-order valence-corrected chi connectivity index (χ0v) is 25.4. The highest BCUT2D eigenvalue weighted by Crippen LogP contribution is 2.61. The normalized spacial score (nSPS) is 30.4. The average molecular weight is 675 g/mol. The molecule has 4 aromatic rings. The van der Waals surface area contributed by atoms with Crippen LogP contribution in [0, 0.1) is 0 Å². The Morgan fingerprint density at radius 1 is 1.25 bits per heavy atom. The van der Waals surface area contributed by atoms with Crippen LogP contribution in [0.15, 0.2) is 23.8 Å². The van der Waals surface area contributed by atoms with Crippen LogP contribution < -0.4 is 17.0 Å². The Labute approximate surface area is 256 Å². The number of hydrogen-bond acceptors (Lipinski definition) is 16. The van der Waals surface area contributed by atoms with E-state index in [9.17, 15) is 24.0 Å². The van der Waals surface area contributed by atoms with E-state index in [0.717, 1.165) is 11.8 Å².